The fraction of sp³-hybridized carbons (Fsp3) is 0.231. The van der Waals surface area contributed by atoms with Gasteiger partial charge in [-0.2, -0.15) is 4.80 Å². The Balaban J connectivity index is 2.10. The predicted octanol–water partition coefficient (Wildman–Crippen LogP) is 0.196. The molecule has 1 heterocycles. The van der Waals surface area contributed by atoms with Gasteiger partial charge in [-0.1, -0.05) is 23.0 Å². The van der Waals surface area contributed by atoms with E-state index >= 15 is 0 Å². The largest absolute Gasteiger partial charge is 0.395 e. The second kappa shape index (κ2) is 6.45. The summed E-state index contributed by atoms with van der Waals surface area (Å²) < 4.78 is 0. The maximum Gasteiger partial charge on any atom is 0.270 e. The van der Waals surface area contributed by atoms with Crippen LogP contribution in [0.1, 0.15) is 22.3 Å². The van der Waals surface area contributed by atoms with Crippen LogP contribution in [-0.4, -0.2) is 37.8 Å². The summed E-state index contributed by atoms with van der Waals surface area (Å²) in [5.41, 5.74) is 1.16. The normalized spacial score (nSPS) is 9.70. The van der Waals surface area contributed by atoms with Gasteiger partial charge in [0.25, 0.3) is 11.9 Å². The maximum absolute atomic E-state index is 12.0. The van der Waals surface area contributed by atoms with Crippen molar-refractivity contribution < 1.29 is 9.90 Å². The third-order valence-electron chi connectivity index (χ3n) is 2.33. The molecule has 0 saturated heterocycles. The van der Waals surface area contributed by atoms with E-state index in [9.17, 15) is 4.79 Å². The van der Waals surface area contributed by atoms with Crippen molar-refractivity contribution in [3.05, 3.63) is 35.4 Å². The number of aryl methyl sites for hydroxylation is 1. The number of aromatic nitrogens is 4. The average molecular weight is 271 g/mol. The third kappa shape index (κ3) is 3.63. The second-order valence-corrected chi connectivity index (χ2v) is 3.91. The number of hydrogen-bond acceptors (Lipinski definition) is 5. The number of amides is 1. The van der Waals surface area contributed by atoms with Crippen LogP contribution in [0.3, 0.4) is 0 Å². The Labute approximate surface area is 115 Å². The van der Waals surface area contributed by atoms with Crippen molar-refractivity contribution in [1.82, 2.24) is 20.2 Å². The van der Waals surface area contributed by atoms with E-state index in [0.29, 0.717) is 17.5 Å². The fourth-order valence-corrected chi connectivity index (χ4v) is 1.47. The molecular formula is C13H13N5O2. The molecule has 0 radical (unpaired) electrons. The maximum atomic E-state index is 12.0. The second-order valence-electron chi connectivity index (χ2n) is 3.91. The Morgan fingerprint density at radius 1 is 1.50 bits per heavy atom. The number of nitrogens with one attached hydrogen (secondary N) is 1. The van der Waals surface area contributed by atoms with Crippen LogP contribution in [0.4, 0.5) is 5.95 Å². The molecule has 2 aromatic rings. The molecule has 0 aliphatic carbocycles. The van der Waals surface area contributed by atoms with Gasteiger partial charge < -0.3 is 5.11 Å². The van der Waals surface area contributed by atoms with Crippen molar-refractivity contribution in [1.29, 1.82) is 0 Å². The highest BCUT2D eigenvalue weighted by atomic mass is 16.2. The molecule has 0 atom stereocenters. The number of anilines is 1. The van der Waals surface area contributed by atoms with E-state index in [-0.39, 0.29) is 18.5 Å². The summed E-state index contributed by atoms with van der Waals surface area (Å²) in [6, 6.07) is 6.86. The van der Waals surface area contributed by atoms with Gasteiger partial charge in [-0.3, -0.25) is 10.1 Å². The number of tetrazole rings is 1. The van der Waals surface area contributed by atoms with E-state index in [4.69, 9.17) is 5.11 Å². The molecular weight excluding hydrogens is 258 g/mol. The predicted molar refractivity (Wildman–Crippen MR) is 71.8 cm³/mol. The number of hydrogen-bond donors (Lipinski definition) is 2. The zero-order chi connectivity index (χ0) is 14.4. The van der Waals surface area contributed by atoms with Crippen molar-refractivity contribution in [3.63, 3.8) is 0 Å². The lowest BCUT2D eigenvalue weighted by molar-refractivity contribution is 0.102. The van der Waals surface area contributed by atoms with Gasteiger partial charge in [-0.15, -0.1) is 5.10 Å². The highest BCUT2D eigenvalue weighted by Crippen LogP contribution is 2.06. The highest BCUT2D eigenvalue weighted by molar-refractivity contribution is 6.03. The molecule has 102 valence electrons. The van der Waals surface area contributed by atoms with E-state index in [1.807, 2.05) is 0 Å². The van der Waals surface area contributed by atoms with Gasteiger partial charge in [0, 0.05) is 17.5 Å². The first-order chi connectivity index (χ1) is 9.69. The highest BCUT2D eigenvalue weighted by Gasteiger charge is 2.09. The molecule has 0 aliphatic rings. The molecule has 2 N–H and O–H groups in total. The lowest BCUT2D eigenvalue weighted by atomic mass is 10.1. The molecule has 7 nitrogen and oxygen atoms in total. The summed E-state index contributed by atoms with van der Waals surface area (Å²) in [5.74, 6) is 5.49. The minimum atomic E-state index is -0.330. The van der Waals surface area contributed by atoms with Crippen LogP contribution in [0.15, 0.2) is 24.3 Å². The molecule has 2 rings (SSSR count). The van der Waals surface area contributed by atoms with E-state index in [1.165, 1.54) is 4.80 Å². The molecule has 0 saturated carbocycles. The molecule has 1 aromatic carbocycles. The van der Waals surface area contributed by atoms with Gasteiger partial charge in [-0.25, -0.2) is 0 Å². The van der Waals surface area contributed by atoms with Crippen molar-refractivity contribution in [3.8, 4) is 11.8 Å². The number of benzene rings is 1. The minimum absolute atomic E-state index is 0.0194. The lowest BCUT2D eigenvalue weighted by Gasteiger charge is -2.01. The summed E-state index contributed by atoms with van der Waals surface area (Å²) in [6.07, 6.45) is 0.403. The molecule has 20 heavy (non-hydrogen) atoms. The molecule has 0 unspecified atom stereocenters. The molecule has 0 fully saturated rings. The van der Waals surface area contributed by atoms with Crippen LogP contribution in [0.2, 0.25) is 0 Å². The van der Waals surface area contributed by atoms with E-state index in [1.54, 1.807) is 31.3 Å². The van der Waals surface area contributed by atoms with Crippen molar-refractivity contribution >= 4 is 11.9 Å². The number of carbonyl (C=O) groups excluding carboxylic acids is 1. The summed E-state index contributed by atoms with van der Waals surface area (Å²) >= 11 is 0. The van der Waals surface area contributed by atoms with Gasteiger partial charge in [0.2, 0.25) is 0 Å². The topological polar surface area (TPSA) is 92.9 Å². The summed E-state index contributed by atoms with van der Waals surface area (Å²) in [5, 5.41) is 22.4. The first-order valence-electron chi connectivity index (χ1n) is 5.94. The molecule has 0 aliphatic heterocycles. The zero-order valence-electron chi connectivity index (χ0n) is 10.9. The van der Waals surface area contributed by atoms with Gasteiger partial charge in [0.15, 0.2) is 0 Å². The number of aliphatic hydroxyl groups excluding tert-OH is 1. The van der Waals surface area contributed by atoms with Crippen molar-refractivity contribution in [2.75, 3.05) is 11.9 Å². The number of nitrogens with zero attached hydrogens (tertiary/aromatic N) is 4. The van der Waals surface area contributed by atoms with Crippen molar-refractivity contribution in [2.45, 2.75) is 6.42 Å². The van der Waals surface area contributed by atoms with Crippen LogP contribution < -0.4 is 5.32 Å². The van der Waals surface area contributed by atoms with E-state index in [0.717, 1.165) is 0 Å². The van der Waals surface area contributed by atoms with E-state index < -0.39 is 0 Å². The smallest absolute Gasteiger partial charge is 0.270 e. The monoisotopic (exact) mass is 271 g/mol. The molecule has 1 amide bonds. The summed E-state index contributed by atoms with van der Waals surface area (Å²) in [7, 11) is 1.61. The van der Waals surface area contributed by atoms with Crippen LogP contribution >= 0.6 is 0 Å². The number of rotatable bonds is 3. The summed E-state index contributed by atoms with van der Waals surface area (Å²) in [6.45, 7) is 0.0194. The van der Waals surface area contributed by atoms with Crippen LogP contribution in [-0.2, 0) is 7.05 Å². The van der Waals surface area contributed by atoms with E-state index in [2.05, 4.69) is 32.6 Å². The first-order valence-corrected chi connectivity index (χ1v) is 5.94. The SMILES string of the molecule is Cn1nnc(NC(=O)c2cccc(C#CCCO)c2)n1. The van der Waals surface area contributed by atoms with Crippen LogP contribution in [0.25, 0.3) is 0 Å². The molecule has 1 aromatic heterocycles. The Bertz CT molecular complexity index is 669. The van der Waals surface area contributed by atoms with Crippen LogP contribution in [0.5, 0.6) is 0 Å². The Morgan fingerprint density at radius 2 is 2.35 bits per heavy atom. The van der Waals surface area contributed by atoms with Crippen molar-refractivity contribution in [2.24, 2.45) is 7.05 Å². The Morgan fingerprint density at radius 3 is 3.05 bits per heavy atom. The van der Waals surface area contributed by atoms with Gasteiger partial charge >= 0.3 is 0 Å². The third-order valence-corrected chi connectivity index (χ3v) is 2.33. The zero-order valence-corrected chi connectivity index (χ0v) is 10.9. The van der Waals surface area contributed by atoms with Gasteiger partial charge in [0.1, 0.15) is 0 Å². The Hall–Kier alpha value is -2.72. The lowest BCUT2D eigenvalue weighted by Crippen LogP contribution is -2.13. The Kier molecular flexibility index (Phi) is 4.42. The molecule has 0 bridgehead atoms. The fourth-order valence-electron chi connectivity index (χ4n) is 1.47. The number of aliphatic hydroxyl groups is 1. The summed E-state index contributed by atoms with van der Waals surface area (Å²) in [4.78, 5) is 13.2. The molecule has 0 spiro atoms. The number of carbonyl (C=O) groups is 1. The van der Waals surface area contributed by atoms with Crippen LogP contribution in [0, 0.1) is 11.8 Å². The standard InChI is InChI=1S/C13H13N5O2/c1-18-16-13(15-17-18)14-12(20)11-7-4-6-10(9-11)5-2-3-8-19/h4,6-7,9,19H,3,8H2,1H3,(H,14,16,20). The first kappa shape index (κ1) is 13.7. The van der Waals surface area contributed by atoms with Gasteiger partial charge in [0.05, 0.1) is 13.7 Å². The minimum Gasteiger partial charge on any atom is -0.395 e. The molecule has 7 heteroatoms. The van der Waals surface area contributed by atoms with Gasteiger partial charge in [-0.05, 0) is 23.4 Å². The average Bonchev–Trinajstić information content (AvgIpc) is 2.85. The quantitative estimate of drug-likeness (QED) is 0.778.